The molecular formula is C23H32N4O. The van der Waals surface area contributed by atoms with Gasteiger partial charge in [0.1, 0.15) is 6.54 Å². The predicted octanol–water partition coefficient (Wildman–Crippen LogP) is 3.35. The molecule has 0 radical (unpaired) electrons. The van der Waals surface area contributed by atoms with E-state index in [1.807, 2.05) is 24.3 Å². The number of carbonyl (C=O) groups excluding carboxylic acids is 1. The summed E-state index contributed by atoms with van der Waals surface area (Å²) < 4.78 is 0. The Hall–Kier alpha value is -2.82. The van der Waals surface area contributed by atoms with Gasteiger partial charge >= 0.3 is 0 Å². The summed E-state index contributed by atoms with van der Waals surface area (Å²) in [5.41, 5.74) is 2.34. The average molecular weight is 381 g/mol. The van der Waals surface area contributed by atoms with E-state index in [-0.39, 0.29) is 23.9 Å². The number of carbonyl (C=O) groups is 1. The maximum Gasteiger partial charge on any atom is 0.243 e. The summed E-state index contributed by atoms with van der Waals surface area (Å²) in [5.74, 6) is 0.603. The van der Waals surface area contributed by atoms with Crippen LogP contribution in [0.3, 0.4) is 0 Å². The zero-order chi connectivity index (χ0) is 20.6. The minimum atomic E-state index is -0.0781. The highest BCUT2D eigenvalue weighted by Gasteiger charge is 2.21. The van der Waals surface area contributed by atoms with Gasteiger partial charge in [-0.1, -0.05) is 74.5 Å². The van der Waals surface area contributed by atoms with Crippen LogP contribution in [0.15, 0.2) is 65.7 Å². The molecule has 0 bridgehead atoms. The van der Waals surface area contributed by atoms with E-state index in [4.69, 9.17) is 0 Å². The molecule has 5 heteroatoms. The number of benzene rings is 2. The third-order valence-electron chi connectivity index (χ3n) is 4.78. The lowest BCUT2D eigenvalue weighted by atomic mass is 9.85. The van der Waals surface area contributed by atoms with Gasteiger partial charge in [-0.15, -0.1) is 0 Å². The number of amides is 1. The van der Waals surface area contributed by atoms with E-state index in [0.29, 0.717) is 12.5 Å². The van der Waals surface area contributed by atoms with Crippen molar-refractivity contribution in [1.82, 2.24) is 15.5 Å². The fraction of sp³-hybridized carbons (Fsp3) is 0.391. The molecule has 28 heavy (non-hydrogen) atoms. The van der Waals surface area contributed by atoms with E-state index < -0.39 is 0 Å². The van der Waals surface area contributed by atoms with Crippen molar-refractivity contribution in [3.63, 3.8) is 0 Å². The maximum atomic E-state index is 12.0. The molecule has 150 valence electrons. The number of guanidine groups is 1. The lowest BCUT2D eigenvalue weighted by Gasteiger charge is -2.28. The van der Waals surface area contributed by atoms with Gasteiger partial charge in [0.05, 0.1) is 6.04 Å². The van der Waals surface area contributed by atoms with Gasteiger partial charge in [0.25, 0.3) is 0 Å². The quantitative estimate of drug-likeness (QED) is 0.572. The largest absolute Gasteiger partial charge is 0.356 e. The summed E-state index contributed by atoms with van der Waals surface area (Å²) in [6.45, 7) is 7.27. The minimum Gasteiger partial charge on any atom is -0.356 e. The lowest BCUT2D eigenvalue weighted by Crippen LogP contribution is -2.44. The van der Waals surface area contributed by atoms with E-state index in [1.54, 1.807) is 19.0 Å². The van der Waals surface area contributed by atoms with Gasteiger partial charge < -0.3 is 15.5 Å². The second kappa shape index (κ2) is 9.93. The molecule has 0 heterocycles. The normalized spacial score (nSPS) is 13.0. The smallest absolute Gasteiger partial charge is 0.243 e. The van der Waals surface area contributed by atoms with Gasteiger partial charge in [0.15, 0.2) is 5.96 Å². The number of nitrogens with one attached hydrogen (secondary N) is 2. The highest BCUT2D eigenvalue weighted by atomic mass is 16.2. The van der Waals surface area contributed by atoms with E-state index in [0.717, 1.165) is 0 Å². The van der Waals surface area contributed by atoms with Crippen LogP contribution in [0.1, 0.15) is 37.9 Å². The molecule has 0 aliphatic carbocycles. The van der Waals surface area contributed by atoms with Gasteiger partial charge in [-0.05, 0) is 18.1 Å². The highest BCUT2D eigenvalue weighted by molar-refractivity contribution is 5.85. The summed E-state index contributed by atoms with van der Waals surface area (Å²) in [7, 11) is 3.48. The number of nitrogens with zero attached hydrogens (tertiary/aromatic N) is 2. The topological polar surface area (TPSA) is 56.7 Å². The SMILES string of the molecule is CC(NC(=NCC(=O)N(C)C)NCC(C)(C)c1ccccc1)c1ccccc1. The standard InChI is InChI=1S/C23H32N4O/c1-18(19-12-8-6-9-13-19)26-22(24-16-21(28)27(4)5)25-17-23(2,3)20-14-10-7-11-15-20/h6-15,18H,16-17H2,1-5H3,(H2,24,25,26). The summed E-state index contributed by atoms with van der Waals surface area (Å²) in [4.78, 5) is 18.1. The summed E-state index contributed by atoms with van der Waals surface area (Å²) in [6.07, 6.45) is 0. The van der Waals surface area contributed by atoms with E-state index in [9.17, 15) is 4.79 Å². The molecule has 1 atom stereocenters. The van der Waals surface area contributed by atoms with Gasteiger partial charge in [-0.3, -0.25) is 4.79 Å². The summed E-state index contributed by atoms with van der Waals surface area (Å²) >= 11 is 0. The van der Waals surface area contributed by atoms with Crippen LogP contribution in [0.4, 0.5) is 0 Å². The molecule has 2 aromatic carbocycles. The molecule has 2 rings (SSSR count). The molecule has 5 nitrogen and oxygen atoms in total. The predicted molar refractivity (Wildman–Crippen MR) is 116 cm³/mol. The first-order valence-electron chi connectivity index (χ1n) is 9.65. The Bertz CT molecular complexity index is 770. The van der Waals surface area contributed by atoms with Crippen molar-refractivity contribution < 1.29 is 4.79 Å². The molecule has 0 aliphatic rings. The number of hydrogen-bond acceptors (Lipinski definition) is 2. The number of hydrogen-bond donors (Lipinski definition) is 2. The van der Waals surface area contributed by atoms with Crippen LogP contribution in [0.5, 0.6) is 0 Å². The number of rotatable bonds is 7. The Morgan fingerprint density at radius 1 is 1.04 bits per heavy atom. The summed E-state index contributed by atoms with van der Waals surface area (Å²) in [5, 5.41) is 6.84. The van der Waals surface area contributed by atoms with Crippen molar-refractivity contribution >= 4 is 11.9 Å². The zero-order valence-corrected chi connectivity index (χ0v) is 17.6. The average Bonchev–Trinajstić information content (AvgIpc) is 2.70. The van der Waals surface area contributed by atoms with Gasteiger partial charge in [0, 0.05) is 26.1 Å². The molecular weight excluding hydrogens is 348 g/mol. The Labute approximate surface area is 168 Å². The fourth-order valence-corrected chi connectivity index (χ4v) is 2.77. The van der Waals surface area contributed by atoms with E-state index in [1.165, 1.54) is 11.1 Å². The van der Waals surface area contributed by atoms with E-state index >= 15 is 0 Å². The molecule has 0 spiro atoms. The first-order valence-corrected chi connectivity index (χ1v) is 9.65. The Kier molecular flexibility index (Phi) is 7.61. The maximum absolute atomic E-state index is 12.0. The first-order chi connectivity index (χ1) is 13.3. The minimum absolute atomic E-state index is 0.0317. The monoisotopic (exact) mass is 380 g/mol. The molecule has 2 aromatic rings. The van der Waals surface area contributed by atoms with Crippen LogP contribution in [-0.2, 0) is 10.2 Å². The van der Waals surface area contributed by atoms with Gasteiger partial charge in [-0.2, -0.15) is 0 Å². The second-order valence-electron chi connectivity index (χ2n) is 7.83. The molecule has 0 saturated heterocycles. The van der Waals surface area contributed by atoms with Crippen LogP contribution in [-0.4, -0.2) is 44.0 Å². The third kappa shape index (κ3) is 6.41. The highest BCUT2D eigenvalue weighted by Crippen LogP contribution is 2.21. The molecule has 0 saturated carbocycles. The Morgan fingerprint density at radius 3 is 2.18 bits per heavy atom. The first kappa shape index (κ1) is 21.5. The van der Waals surface area contributed by atoms with Crippen LogP contribution < -0.4 is 10.6 Å². The third-order valence-corrected chi connectivity index (χ3v) is 4.78. The van der Waals surface area contributed by atoms with Crippen molar-refractivity contribution in [1.29, 1.82) is 0 Å². The van der Waals surface area contributed by atoms with Crippen LogP contribution in [0.25, 0.3) is 0 Å². The van der Waals surface area contributed by atoms with Crippen LogP contribution >= 0.6 is 0 Å². The summed E-state index contributed by atoms with van der Waals surface area (Å²) in [6, 6.07) is 20.7. The molecule has 0 fully saturated rings. The molecule has 1 unspecified atom stereocenters. The van der Waals surface area contributed by atoms with Crippen LogP contribution in [0.2, 0.25) is 0 Å². The fourth-order valence-electron chi connectivity index (χ4n) is 2.77. The molecule has 2 N–H and O–H groups in total. The molecule has 1 amide bonds. The van der Waals surface area contributed by atoms with Crippen molar-refractivity contribution in [2.24, 2.45) is 4.99 Å². The van der Waals surface area contributed by atoms with Crippen molar-refractivity contribution in [2.45, 2.75) is 32.2 Å². The van der Waals surface area contributed by atoms with Gasteiger partial charge in [0.2, 0.25) is 5.91 Å². The zero-order valence-electron chi connectivity index (χ0n) is 17.6. The molecule has 0 aliphatic heterocycles. The number of aliphatic imine (C=N–C) groups is 1. The lowest BCUT2D eigenvalue weighted by molar-refractivity contribution is -0.127. The second-order valence-corrected chi connectivity index (χ2v) is 7.83. The van der Waals surface area contributed by atoms with E-state index in [2.05, 4.69) is 72.8 Å². The van der Waals surface area contributed by atoms with Gasteiger partial charge in [-0.25, -0.2) is 4.99 Å². The van der Waals surface area contributed by atoms with Crippen molar-refractivity contribution in [2.75, 3.05) is 27.2 Å². The molecule has 0 aromatic heterocycles. The van der Waals surface area contributed by atoms with Crippen LogP contribution in [0, 0.1) is 0 Å². The Balaban J connectivity index is 2.11. The van der Waals surface area contributed by atoms with Crippen molar-refractivity contribution in [3.8, 4) is 0 Å². The van der Waals surface area contributed by atoms with Crippen molar-refractivity contribution in [3.05, 3.63) is 71.8 Å². The number of likely N-dealkylation sites (N-methyl/N-ethyl adjacent to an activating group) is 1. The Morgan fingerprint density at radius 2 is 1.61 bits per heavy atom.